The largest absolute Gasteiger partial charge is 0.494 e. The van der Waals surface area contributed by atoms with Gasteiger partial charge in [-0.2, -0.15) is 0 Å². The van der Waals surface area contributed by atoms with Gasteiger partial charge in [-0.3, -0.25) is 14.5 Å². The van der Waals surface area contributed by atoms with E-state index in [0.717, 1.165) is 5.75 Å². The van der Waals surface area contributed by atoms with Crippen molar-refractivity contribution in [2.45, 2.75) is 32.2 Å². The van der Waals surface area contributed by atoms with Gasteiger partial charge in [-0.25, -0.2) is 0 Å². The number of carbonyl (C=O) groups is 2. The number of amides is 2. The van der Waals surface area contributed by atoms with Crippen molar-refractivity contribution < 1.29 is 19.1 Å². The van der Waals surface area contributed by atoms with Crippen LogP contribution in [0.2, 0.25) is 0 Å². The molecule has 23 heavy (non-hydrogen) atoms. The molecule has 126 valence electrons. The van der Waals surface area contributed by atoms with Crippen molar-refractivity contribution in [1.29, 1.82) is 0 Å². The summed E-state index contributed by atoms with van der Waals surface area (Å²) in [6, 6.07) is 7.26. The average molecular weight is 320 g/mol. The summed E-state index contributed by atoms with van der Waals surface area (Å²) in [7, 11) is 1.58. The Kier molecular flexibility index (Phi) is 5.60. The maximum Gasteiger partial charge on any atom is 0.246 e. The lowest BCUT2D eigenvalue weighted by molar-refractivity contribution is -0.127. The number of hydrogen-bond donors (Lipinski definition) is 1. The molecule has 2 rings (SSSR count). The minimum atomic E-state index is -0.877. The van der Waals surface area contributed by atoms with Crippen molar-refractivity contribution in [2.24, 2.45) is 0 Å². The minimum absolute atomic E-state index is 0.0430. The van der Waals surface area contributed by atoms with Crippen LogP contribution in [0.3, 0.4) is 0 Å². The number of anilines is 1. The first-order chi connectivity index (χ1) is 11.0. The molecule has 0 aliphatic carbocycles. The molecule has 0 aromatic heterocycles. The van der Waals surface area contributed by atoms with Gasteiger partial charge in [0, 0.05) is 25.8 Å². The Morgan fingerprint density at radius 1 is 1.35 bits per heavy atom. The Labute approximate surface area is 136 Å². The molecule has 1 atom stereocenters. The lowest BCUT2D eigenvalue weighted by atomic mass is 9.97. The number of benzene rings is 1. The zero-order valence-electron chi connectivity index (χ0n) is 13.9. The summed E-state index contributed by atoms with van der Waals surface area (Å²) in [6.45, 7) is 5.17. The van der Waals surface area contributed by atoms with Crippen LogP contribution in [-0.4, -0.2) is 44.2 Å². The smallest absolute Gasteiger partial charge is 0.246 e. The molecule has 0 saturated carbocycles. The molecule has 6 heteroatoms. The van der Waals surface area contributed by atoms with E-state index in [2.05, 4.69) is 5.32 Å². The summed E-state index contributed by atoms with van der Waals surface area (Å²) >= 11 is 0. The number of methoxy groups -OCH3 is 1. The minimum Gasteiger partial charge on any atom is -0.494 e. The second kappa shape index (κ2) is 7.46. The van der Waals surface area contributed by atoms with Crippen LogP contribution < -0.4 is 15.0 Å². The van der Waals surface area contributed by atoms with Gasteiger partial charge in [0.25, 0.3) is 0 Å². The highest BCUT2D eigenvalue weighted by Crippen LogP contribution is 2.35. The number of hydrogen-bond acceptors (Lipinski definition) is 4. The zero-order chi connectivity index (χ0) is 16.9. The third kappa shape index (κ3) is 3.64. The highest BCUT2D eigenvalue weighted by atomic mass is 16.5. The predicted molar refractivity (Wildman–Crippen MR) is 87.6 cm³/mol. The van der Waals surface area contributed by atoms with Crippen molar-refractivity contribution in [3.63, 3.8) is 0 Å². The van der Waals surface area contributed by atoms with Gasteiger partial charge in [0.05, 0.1) is 13.2 Å². The summed E-state index contributed by atoms with van der Waals surface area (Å²) < 4.78 is 10.4. The Morgan fingerprint density at radius 3 is 2.65 bits per heavy atom. The zero-order valence-corrected chi connectivity index (χ0v) is 13.9. The van der Waals surface area contributed by atoms with E-state index in [1.54, 1.807) is 18.9 Å². The molecule has 0 spiro atoms. The number of carbonyl (C=O) groups excluding carboxylic acids is 2. The first kappa shape index (κ1) is 17.3. The molecular weight excluding hydrogens is 296 g/mol. The molecular formula is C17H24N2O4. The molecule has 1 fully saturated rings. The van der Waals surface area contributed by atoms with Crippen molar-refractivity contribution in [3.05, 3.63) is 24.3 Å². The summed E-state index contributed by atoms with van der Waals surface area (Å²) in [5, 5.41) is 2.84. The Morgan fingerprint density at radius 2 is 2.04 bits per heavy atom. The first-order valence-corrected chi connectivity index (χ1v) is 7.86. The molecule has 1 aliphatic rings. The van der Waals surface area contributed by atoms with Crippen LogP contribution in [0.4, 0.5) is 5.69 Å². The molecule has 1 aliphatic heterocycles. The van der Waals surface area contributed by atoms with Crippen molar-refractivity contribution >= 4 is 17.5 Å². The fourth-order valence-corrected chi connectivity index (χ4v) is 2.81. The van der Waals surface area contributed by atoms with Gasteiger partial charge in [-0.05, 0) is 44.5 Å². The molecule has 1 saturated heterocycles. The highest BCUT2D eigenvalue weighted by Gasteiger charge is 2.47. The van der Waals surface area contributed by atoms with E-state index in [9.17, 15) is 9.59 Å². The van der Waals surface area contributed by atoms with Gasteiger partial charge >= 0.3 is 0 Å². The predicted octanol–water partition coefficient (Wildman–Crippen LogP) is 1.73. The molecule has 1 aromatic carbocycles. The van der Waals surface area contributed by atoms with E-state index in [-0.39, 0.29) is 11.8 Å². The molecule has 0 unspecified atom stereocenters. The molecule has 0 bridgehead atoms. The van der Waals surface area contributed by atoms with E-state index < -0.39 is 5.54 Å². The number of nitrogens with one attached hydrogen (secondary N) is 1. The van der Waals surface area contributed by atoms with Gasteiger partial charge in [0.1, 0.15) is 11.3 Å². The number of nitrogens with zero attached hydrogens (tertiary/aromatic N) is 1. The number of ether oxygens (including phenoxy) is 2. The fraction of sp³-hybridized carbons (Fsp3) is 0.529. The van der Waals surface area contributed by atoms with Crippen molar-refractivity contribution in [1.82, 2.24) is 5.32 Å². The number of rotatable bonds is 7. The van der Waals surface area contributed by atoms with Gasteiger partial charge < -0.3 is 14.8 Å². The molecule has 2 amide bonds. The normalized spacial score (nSPS) is 20.7. The lowest BCUT2D eigenvalue weighted by Crippen LogP contribution is -2.55. The summed E-state index contributed by atoms with van der Waals surface area (Å²) in [5.41, 5.74) is -0.168. The Balaban J connectivity index is 2.19. The van der Waals surface area contributed by atoms with Gasteiger partial charge in [0.2, 0.25) is 11.8 Å². The van der Waals surface area contributed by atoms with Crippen LogP contribution >= 0.6 is 0 Å². The first-order valence-electron chi connectivity index (χ1n) is 7.86. The summed E-state index contributed by atoms with van der Waals surface area (Å²) in [6.07, 6.45) is 0.860. The molecule has 0 radical (unpaired) electrons. The second-order valence-corrected chi connectivity index (χ2v) is 5.68. The van der Waals surface area contributed by atoms with Crippen LogP contribution in [-0.2, 0) is 14.3 Å². The van der Waals surface area contributed by atoms with Crippen molar-refractivity contribution in [2.75, 3.05) is 31.8 Å². The highest BCUT2D eigenvalue weighted by molar-refractivity contribution is 6.06. The van der Waals surface area contributed by atoms with E-state index in [1.807, 2.05) is 31.2 Å². The van der Waals surface area contributed by atoms with E-state index in [0.29, 0.717) is 38.3 Å². The standard InChI is InChI=1S/C17H24N2O4/c1-4-23-14-7-5-13(6-8-14)19-15(20)9-10-17(19,2)16(21)18-11-12-22-3/h5-8H,4,9-12H2,1-3H3,(H,18,21)/t17-/m0/s1. The van der Waals surface area contributed by atoms with Gasteiger partial charge in [-0.1, -0.05) is 0 Å². The maximum absolute atomic E-state index is 12.6. The fourth-order valence-electron chi connectivity index (χ4n) is 2.81. The van der Waals surface area contributed by atoms with Crippen molar-refractivity contribution in [3.8, 4) is 5.75 Å². The third-order valence-corrected chi connectivity index (χ3v) is 4.06. The molecule has 1 aromatic rings. The lowest BCUT2D eigenvalue weighted by Gasteiger charge is -2.34. The second-order valence-electron chi connectivity index (χ2n) is 5.68. The van der Waals surface area contributed by atoms with Crippen LogP contribution in [0.5, 0.6) is 5.75 Å². The Bertz CT molecular complexity index is 558. The van der Waals surface area contributed by atoms with Gasteiger partial charge in [-0.15, -0.1) is 0 Å². The quantitative estimate of drug-likeness (QED) is 0.777. The maximum atomic E-state index is 12.6. The topological polar surface area (TPSA) is 67.9 Å². The van der Waals surface area contributed by atoms with E-state index in [1.165, 1.54) is 0 Å². The molecule has 6 nitrogen and oxygen atoms in total. The van der Waals surface area contributed by atoms with Crippen LogP contribution in [0.1, 0.15) is 26.7 Å². The van der Waals surface area contributed by atoms with E-state index >= 15 is 0 Å². The van der Waals surface area contributed by atoms with Gasteiger partial charge in [0.15, 0.2) is 0 Å². The van der Waals surface area contributed by atoms with E-state index in [4.69, 9.17) is 9.47 Å². The monoisotopic (exact) mass is 320 g/mol. The van der Waals surface area contributed by atoms with Crippen LogP contribution in [0, 0.1) is 0 Å². The Hall–Kier alpha value is -2.08. The molecule has 1 heterocycles. The summed E-state index contributed by atoms with van der Waals surface area (Å²) in [4.78, 5) is 26.5. The third-order valence-electron chi connectivity index (χ3n) is 4.06. The van der Waals surface area contributed by atoms with Crippen LogP contribution in [0.25, 0.3) is 0 Å². The summed E-state index contributed by atoms with van der Waals surface area (Å²) in [5.74, 6) is 0.544. The SMILES string of the molecule is CCOc1ccc(N2C(=O)CC[C@@]2(C)C(=O)NCCOC)cc1. The molecule has 1 N–H and O–H groups in total. The average Bonchev–Trinajstić information content (AvgIpc) is 2.85. The van der Waals surface area contributed by atoms with Crippen LogP contribution in [0.15, 0.2) is 24.3 Å².